The molecule has 1 aromatic rings. The summed E-state index contributed by atoms with van der Waals surface area (Å²) >= 11 is 7.10. The van der Waals surface area contributed by atoms with Crippen LogP contribution < -0.4 is 11.5 Å². The SMILES string of the molecule is NC(=O)c1cc(N)cc(Cl)c1SCC(O)CO. The third-order valence-corrected chi connectivity index (χ3v) is 3.65. The number of anilines is 1. The Bertz CT molecular complexity index is 428. The summed E-state index contributed by atoms with van der Waals surface area (Å²) in [7, 11) is 0. The molecular formula is C10H13ClN2O3S. The molecule has 0 bridgehead atoms. The van der Waals surface area contributed by atoms with E-state index in [9.17, 15) is 9.90 Å². The van der Waals surface area contributed by atoms with E-state index in [-0.39, 0.29) is 17.9 Å². The van der Waals surface area contributed by atoms with E-state index in [1.165, 1.54) is 12.1 Å². The molecule has 0 spiro atoms. The van der Waals surface area contributed by atoms with Crippen LogP contribution in [0.5, 0.6) is 0 Å². The standard InChI is InChI=1S/C10H13ClN2O3S/c11-8-2-5(12)1-7(10(13)16)9(8)17-4-6(15)3-14/h1-2,6,14-15H,3-4,12H2,(H2,13,16). The normalized spacial score (nSPS) is 12.4. The maximum absolute atomic E-state index is 11.2. The average Bonchev–Trinajstić information content (AvgIpc) is 2.26. The van der Waals surface area contributed by atoms with Crippen molar-refractivity contribution in [3.8, 4) is 0 Å². The Kier molecular flexibility index (Phi) is 5.07. The number of primary amides is 1. The highest BCUT2D eigenvalue weighted by Crippen LogP contribution is 2.33. The van der Waals surface area contributed by atoms with E-state index in [0.717, 1.165) is 11.8 Å². The van der Waals surface area contributed by atoms with Gasteiger partial charge in [0, 0.05) is 16.3 Å². The molecule has 0 aliphatic heterocycles. The van der Waals surface area contributed by atoms with Crippen LogP contribution in [0.3, 0.4) is 0 Å². The average molecular weight is 277 g/mol. The van der Waals surface area contributed by atoms with Crippen molar-refractivity contribution in [2.45, 2.75) is 11.0 Å². The molecule has 5 nitrogen and oxygen atoms in total. The maximum atomic E-state index is 11.2. The molecule has 1 rings (SSSR count). The van der Waals surface area contributed by atoms with E-state index < -0.39 is 12.0 Å². The zero-order valence-corrected chi connectivity index (χ0v) is 10.5. The fourth-order valence-corrected chi connectivity index (χ4v) is 2.54. The second-order valence-corrected chi connectivity index (χ2v) is 4.83. The van der Waals surface area contributed by atoms with E-state index in [0.29, 0.717) is 15.6 Å². The van der Waals surface area contributed by atoms with Crippen LogP contribution in [0, 0.1) is 0 Å². The first-order valence-corrected chi connectivity index (χ1v) is 6.12. The molecule has 0 aromatic heterocycles. The van der Waals surface area contributed by atoms with Gasteiger partial charge in [0.1, 0.15) is 0 Å². The minimum absolute atomic E-state index is 0.209. The van der Waals surface area contributed by atoms with Crippen molar-refractivity contribution < 1.29 is 15.0 Å². The van der Waals surface area contributed by atoms with Crippen LogP contribution in [0.1, 0.15) is 10.4 Å². The van der Waals surface area contributed by atoms with Gasteiger partial charge in [-0.1, -0.05) is 11.6 Å². The Morgan fingerprint density at radius 2 is 2.18 bits per heavy atom. The van der Waals surface area contributed by atoms with Crippen molar-refractivity contribution in [2.24, 2.45) is 5.73 Å². The van der Waals surface area contributed by atoms with Gasteiger partial charge in [-0.3, -0.25) is 4.79 Å². The molecule has 7 heteroatoms. The first kappa shape index (κ1) is 14.1. The number of benzene rings is 1. The molecular weight excluding hydrogens is 264 g/mol. The van der Waals surface area contributed by atoms with Crippen LogP contribution in [-0.4, -0.2) is 34.6 Å². The molecule has 0 heterocycles. The van der Waals surface area contributed by atoms with Crippen molar-refractivity contribution >= 4 is 35.0 Å². The third kappa shape index (κ3) is 3.78. The molecule has 6 N–H and O–H groups in total. The summed E-state index contributed by atoms with van der Waals surface area (Å²) in [4.78, 5) is 11.7. The molecule has 94 valence electrons. The van der Waals surface area contributed by atoms with E-state index in [2.05, 4.69) is 0 Å². The molecule has 1 amide bonds. The molecule has 1 atom stereocenters. The number of thioether (sulfide) groups is 1. The Morgan fingerprint density at radius 1 is 1.53 bits per heavy atom. The number of rotatable bonds is 5. The van der Waals surface area contributed by atoms with Crippen LogP contribution in [0.15, 0.2) is 17.0 Å². The van der Waals surface area contributed by atoms with Gasteiger partial charge in [-0.2, -0.15) is 0 Å². The first-order chi connectivity index (χ1) is 7.95. The van der Waals surface area contributed by atoms with Crippen LogP contribution in [0.2, 0.25) is 5.02 Å². The monoisotopic (exact) mass is 276 g/mol. The van der Waals surface area contributed by atoms with Gasteiger partial charge >= 0.3 is 0 Å². The summed E-state index contributed by atoms with van der Waals surface area (Å²) in [5.74, 6) is -0.430. The maximum Gasteiger partial charge on any atom is 0.249 e. The minimum Gasteiger partial charge on any atom is -0.399 e. The van der Waals surface area contributed by atoms with Gasteiger partial charge in [-0.25, -0.2) is 0 Å². The van der Waals surface area contributed by atoms with Gasteiger partial charge in [0.15, 0.2) is 0 Å². The molecule has 17 heavy (non-hydrogen) atoms. The van der Waals surface area contributed by atoms with Crippen LogP contribution in [0.25, 0.3) is 0 Å². The Balaban J connectivity index is 3.00. The van der Waals surface area contributed by atoms with E-state index in [4.69, 9.17) is 28.2 Å². The predicted octanol–water partition coefficient (Wildman–Crippen LogP) is 0.466. The number of halogens is 1. The van der Waals surface area contributed by atoms with Gasteiger partial charge in [0.25, 0.3) is 0 Å². The number of nitrogens with two attached hydrogens (primary N) is 2. The zero-order chi connectivity index (χ0) is 13.0. The lowest BCUT2D eigenvalue weighted by Crippen LogP contribution is -2.16. The second-order valence-electron chi connectivity index (χ2n) is 3.39. The van der Waals surface area contributed by atoms with Crippen LogP contribution >= 0.6 is 23.4 Å². The Labute approximate surface area is 108 Å². The number of carbonyl (C=O) groups excluding carboxylic acids is 1. The third-order valence-electron chi connectivity index (χ3n) is 1.96. The fourth-order valence-electron chi connectivity index (χ4n) is 1.18. The molecule has 0 saturated carbocycles. The number of aliphatic hydroxyl groups is 2. The number of hydrogen-bond acceptors (Lipinski definition) is 5. The summed E-state index contributed by atoms with van der Waals surface area (Å²) in [6.45, 7) is -0.356. The molecule has 0 aliphatic carbocycles. The molecule has 0 aliphatic rings. The van der Waals surface area contributed by atoms with Crippen molar-refractivity contribution in [1.29, 1.82) is 0 Å². The lowest BCUT2D eigenvalue weighted by molar-refractivity contribution is 0.0997. The Hall–Kier alpha value is -0.950. The highest BCUT2D eigenvalue weighted by atomic mass is 35.5. The summed E-state index contributed by atoms with van der Waals surface area (Å²) in [6, 6.07) is 2.93. The lowest BCUT2D eigenvalue weighted by Gasteiger charge is -2.11. The minimum atomic E-state index is -0.880. The quantitative estimate of drug-likeness (QED) is 0.462. The molecule has 0 saturated heterocycles. The number of aliphatic hydroxyl groups excluding tert-OH is 2. The lowest BCUT2D eigenvalue weighted by atomic mass is 10.2. The summed E-state index contributed by atoms with van der Waals surface area (Å²) < 4.78 is 0. The highest BCUT2D eigenvalue weighted by Gasteiger charge is 2.15. The van der Waals surface area contributed by atoms with Gasteiger partial charge in [-0.05, 0) is 12.1 Å². The Morgan fingerprint density at radius 3 is 2.71 bits per heavy atom. The van der Waals surface area contributed by atoms with E-state index in [1.54, 1.807) is 0 Å². The topological polar surface area (TPSA) is 110 Å². The molecule has 0 fully saturated rings. The number of carbonyl (C=O) groups is 1. The molecule has 1 aromatic carbocycles. The fraction of sp³-hybridized carbons (Fsp3) is 0.300. The smallest absolute Gasteiger partial charge is 0.249 e. The second kappa shape index (κ2) is 6.11. The van der Waals surface area contributed by atoms with Crippen molar-refractivity contribution in [3.63, 3.8) is 0 Å². The predicted molar refractivity (Wildman–Crippen MR) is 68.2 cm³/mol. The number of amides is 1. The largest absolute Gasteiger partial charge is 0.399 e. The number of nitrogen functional groups attached to an aromatic ring is 1. The van der Waals surface area contributed by atoms with Crippen molar-refractivity contribution in [1.82, 2.24) is 0 Å². The van der Waals surface area contributed by atoms with Gasteiger partial charge in [0.05, 0.1) is 23.3 Å². The first-order valence-electron chi connectivity index (χ1n) is 4.76. The number of hydrogen-bond donors (Lipinski definition) is 4. The van der Waals surface area contributed by atoms with Crippen molar-refractivity contribution in [3.05, 3.63) is 22.7 Å². The van der Waals surface area contributed by atoms with E-state index in [1.807, 2.05) is 0 Å². The summed E-state index contributed by atoms with van der Waals surface area (Å²) in [6.07, 6.45) is -0.880. The van der Waals surface area contributed by atoms with Crippen LogP contribution in [-0.2, 0) is 0 Å². The zero-order valence-electron chi connectivity index (χ0n) is 8.89. The van der Waals surface area contributed by atoms with Crippen molar-refractivity contribution in [2.75, 3.05) is 18.1 Å². The van der Waals surface area contributed by atoms with Gasteiger partial charge in [-0.15, -0.1) is 11.8 Å². The van der Waals surface area contributed by atoms with Gasteiger partial charge < -0.3 is 21.7 Å². The van der Waals surface area contributed by atoms with E-state index >= 15 is 0 Å². The summed E-state index contributed by atoms with van der Waals surface area (Å²) in [5.41, 5.74) is 11.3. The molecule has 0 radical (unpaired) electrons. The van der Waals surface area contributed by atoms with Gasteiger partial charge in [0.2, 0.25) is 5.91 Å². The summed E-state index contributed by atoms with van der Waals surface area (Å²) in [5, 5.41) is 18.2. The highest BCUT2D eigenvalue weighted by molar-refractivity contribution is 7.99. The molecule has 1 unspecified atom stereocenters. The van der Waals surface area contributed by atoms with Crippen LogP contribution in [0.4, 0.5) is 5.69 Å².